The molecule has 1 fully saturated rings. The summed E-state index contributed by atoms with van der Waals surface area (Å²) in [5.41, 5.74) is -0.189. The van der Waals surface area contributed by atoms with Crippen LogP contribution in [0.4, 0.5) is 5.95 Å². The van der Waals surface area contributed by atoms with E-state index in [9.17, 15) is 14.4 Å². The van der Waals surface area contributed by atoms with Crippen LogP contribution in [0.15, 0.2) is 9.59 Å². The van der Waals surface area contributed by atoms with Crippen molar-refractivity contribution in [1.82, 2.24) is 18.7 Å². The Balaban J connectivity index is 2.33. The summed E-state index contributed by atoms with van der Waals surface area (Å²) < 4.78 is 4.08. The van der Waals surface area contributed by atoms with Crippen LogP contribution in [0.1, 0.15) is 26.2 Å². The minimum absolute atomic E-state index is 0.0570. The van der Waals surface area contributed by atoms with Gasteiger partial charge in [-0.2, -0.15) is 4.98 Å². The van der Waals surface area contributed by atoms with Crippen LogP contribution >= 0.6 is 0 Å². The number of Topliss-reactive ketones (excluding diaryl/α,β-unsaturated/α-hetero) is 1. The summed E-state index contributed by atoms with van der Waals surface area (Å²) >= 11 is 0. The molecule has 2 aromatic heterocycles. The zero-order valence-electron chi connectivity index (χ0n) is 13.7. The van der Waals surface area contributed by atoms with Crippen molar-refractivity contribution < 1.29 is 4.79 Å². The number of hydrogen-bond acceptors (Lipinski definition) is 5. The average molecular weight is 319 g/mol. The van der Waals surface area contributed by atoms with Crippen molar-refractivity contribution in [1.29, 1.82) is 0 Å². The molecule has 8 nitrogen and oxygen atoms in total. The van der Waals surface area contributed by atoms with Crippen LogP contribution < -0.4 is 16.1 Å². The fourth-order valence-corrected chi connectivity index (χ4v) is 3.14. The van der Waals surface area contributed by atoms with Crippen LogP contribution in [0.25, 0.3) is 11.2 Å². The second-order valence-corrected chi connectivity index (χ2v) is 6.13. The first-order valence-corrected chi connectivity index (χ1v) is 7.82. The number of carbonyl (C=O) groups excluding carboxylic acids is 1. The Morgan fingerprint density at radius 2 is 1.74 bits per heavy atom. The van der Waals surface area contributed by atoms with Crippen molar-refractivity contribution in [2.24, 2.45) is 14.1 Å². The molecule has 0 unspecified atom stereocenters. The van der Waals surface area contributed by atoms with E-state index < -0.39 is 11.2 Å². The number of carbonyl (C=O) groups is 1. The zero-order valence-corrected chi connectivity index (χ0v) is 13.7. The highest BCUT2D eigenvalue weighted by atomic mass is 16.2. The topological polar surface area (TPSA) is 82.1 Å². The van der Waals surface area contributed by atoms with Crippen molar-refractivity contribution in [2.75, 3.05) is 18.0 Å². The molecule has 8 heteroatoms. The molecular weight excluding hydrogens is 298 g/mol. The molecule has 0 radical (unpaired) electrons. The number of aryl methyl sites for hydroxylation is 1. The molecule has 0 aliphatic carbocycles. The molecule has 23 heavy (non-hydrogen) atoms. The Morgan fingerprint density at radius 3 is 2.35 bits per heavy atom. The Bertz CT molecular complexity index is 883. The van der Waals surface area contributed by atoms with Gasteiger partial charge in [0.1, 0.15) is 5.78 Å². The third kappa shape index (κ3) is 2.47. The maximum Gasteiger partial charge on any atom is 0.332 e. The number of hydrogen-bond donors (Lipinski definition) is 0. The number of fused-ring (bicyclic) bond motifs is 1. The monoisotopic (exact) mass is 319 g/mol. The molecule has 0 bridgehead atoms. The van der Waals surface area contributed by atoms with E-state index in [2.05, 4.69) is 9.88 Å². The van der Waals surface area contributed by atoms with Gasteiger partial charge in [-0.3, -0.25) is 23.3 Å². The molecule has 1 saturated heterocycles. The summed E-state index contributed by atoms with van der Waals surface area (Å²) in [5, 5.41) is 0. The molecular formula is C15H21N5O3. The van der Waals surface area contributed by atoms with Gasteiger partial charge in [0.2, 0.25) is 5.95 Å². The summed E-state index contributed by atoms with van der Waals surface area (Å²) in [5.74, 6) is 0.548. The van der Waals surface area contributed by atoms with Crippen molar-refractivity contribution in [2.45, 2.75) is 32.7 Å². The molecule has 3 heterocycles. The van der Waals surface area contributed by atoms with E-state index in [4.69, 9.17) is 0 Å². The highest BCUT2D eigenvalue weighted by Gasteiger charge is 2.24. The highest BCUT2D eigenvalue weighted by molar-refractivity contribution is 5.81. The smallest absolute Gasteiger partial charge is 0.332 e. The number of rotatable bonds is 3. The quantitative estimate of drug-likeness (QED) is 0.796. The highest BCUT2D eigenvalue weighted by Crippen LogP contribution is 2.22. The van der Waals surface area contributed by atoms with Gasteiger partial charge >= 0.3 is 5.69 Å². The van der Waals surface area contributed by atoms with Crippen LogP contribution in [0.3, 0.4) is 0 Å². The largest absolute Gasteiger partial charge is 0.342 e. The molecule has 2 aromatic rings. The van der Waals surface area contributed by atoms with Crippen LogP contribution in [0, 0.1) is 0 Å². The van der Waals surface area contributed by atoms with Gasteiger partial charge in [-0.1, -0.05) is 0 Å². The molecule has 0 atom stereocenters. The Morgan fingerprint density at radius 1 is 1.09 bits per heavy atom. The Kier molecular flexibility index (Phi) is 3.83. The van der Waals surface area contributed by atoms with E-state index in [-0.39, 0.29) is 12.3 Å². The van der Waals surface area contributed by atoms with E-state index in [1.165, 1.54) is 25.0 Å². The van der Waals surface area contributed by atoms with Crippen molar-refractivity contribution in [3.8, 4) is 0 Å². The Labute approximate surface area is 132 Å². The first-order valence-electron chi connectivity index (χ1n) is 7.82. The van der Waals surface area contributed by atoms with Gasteiger partial charge in [0.15, 0.2) is 11.2 Å². The third-order valence-electron chi connectivity index (χ3n) is 4.35. The number of piperidine rings is 1. The summed E-state index contributed by atoms with van der Waals surface area (Å²) in [7, 11) is 3.03. The minimum Gasteiger partial charge on any atom is -0.342 e. The number of aromatic nitrogens is 4. The predicted octanol–water partition coefficient (Wildman–Crippen LogP) is 0.0130. The third-order valence-corrected chi connectivity index (χ3v) is 4.35. The van der Waals surface area contributed by atoms with E-state index in [1.54, 1.807) is 11.6 Å². The fourth-order valence-electron chi connectivity index (χ4n) is 3.14. The molecule has 0 spiro atoms. The van der Waals surface area contributed by atoms with Gasteiger partial charge in [-0.15, -0.1) is 0 Å². The number of ketones is 1. The van der Waals surface area contributed by atoms with Gasteiger partial charge in [-0.05, 0) is 26.2 Å². The summed E-state index contributed by atoms with van der Waals surface area (Å²) in [6.45, 7) is 3.25. The van der Waals surface area contributed by atoms with E-state index in [1.807, 2.05) is 0 Å². The standard InChI is InChI=1S/C15H21N5O3/c1-10(21)9-20-11-12(17(2)15(23)18(3)13(11)22)16-14(20)19-7-5-4-6-8-19/h4-9H2,1-3H3. The average Bonchev–Trinajstić information content (AvgIpc) is 2.90. The first kappa shape index (κ1) is 15.5. The molecule has 0 amide bonds. The lowest BCUT2D eigenvalue weighted by Gasteiger charge is -2.27. The molecule has 0 aromatic carbocycles. The summed E-state index contributed by atoms with van der Waals surface area (Å²) in [6.07, 6.45) is 3.28. The second kappa shape index (κ2) is 5.68. The molecule has 124 valence electrons. The van der Waals surface area contributed by atoms with E-state index in [0.717, 1.165) is 30.5 Å². The maximum absolute atomic E-state index is 12.6. The SMILES string of the molecule is CC(=O)Cn1c(N2CCCCC2)nc2c1c(=O)n(C)c(=O)n2C. The van der Waals surface area contributed by atoms with Crippen molar-refractivity contribution in [3.63, 3.8) is 0 Å². The van der Waals surface area contributed by atoms with Gasteiger partial charge in [-0.25, -0.2) is 4.79 Å². The second-order valence-electron chi connectivity index (χ2n) is 6.13. The van der Waals surface area contributed by atoms with Gasteiger partial charge in [0.05, 0.1) is 6.54 Å². The zero-order chi connectivity index (χ0) is 16.7. The minimum atomic E-state index is -0.417. The van der Waals surface area contributed by atoms with E-state index >= 15 is 0 Å². The lowest BCUT2D eigenvalue weighted by molar-refractivity contribution is -0.117. The lowest BCUT2D eigenvalue weighted by atomic mass is 10.1. The molecule has 0 saturated carbocycles. The maximum atomic E-state index is 12.6. The number of anilines is 1. The molecule has 3 rings (SSSR count). The van der Waals surface area contributed by atoms with Crippen LogP contribution in [-0.2, 0) is 25.4 Å². The Hall–Kier alpha value is -2.38. The van der Waals surface area contributed by atoms with Crippen LogP contribution in [-0.4, -0.2) is 37.6 Å². The fraction of sp³-hybridized carbons (Fsp3) is 0.600. The molecule has 0 N–H and O–H groups in total. The van der Waals surface area contributed by atoms with Gasteiger partial charge < -0.3 is 4.90 Å². The number of imidazole rings is 1. The van der Waals surface area contributed by atoms with Gasteiger partial charge in [0, 0.05) is 27.2 Å². The van der Waals surface area contributed by atoms with Crippen LogP contribution in [0.2, 0.25) is 0 Å². The predicted molar refractivity (Wildman–Crippen MR) is 87.0 cm³/mol. The van der Waals surface area contributed by atoms with Crippen molar-refractivity contribution in [3.05, 3.63) is 20.8 Å². The first-order chi connectivity index (χ1) is 10.9. The molecule has 1 aliphatic heterocycles. The molecule has 1 aliphatic rings. The summed E-state index contributed by atoms with van der Waals surface area (Å²) in [4.78, 5) is 43.0. The lowest BCUT2D eigenvalue weighted by Crippen LogP contribution is -2.38. The van der Waals surface area contributed by atoms with E-state index in [0.29, 0.717) is 17.1 Å². The van der Waals surface area contributed by atoms with Gasteiger partial charge in [0.25, 0.3) is 5.56 Å². The number of nitrogens with zero attached hydrogens (tertiary/aromatic N) is 5. The summed E-state index contributed by atoms with van der Waals surface area (Å²) in [6, 6.07) is 0. The normalized spacial score (nSPS) is 15.3. The van der Waals surface area contributed by atoms with Crippen molar-refractivity contribution >= 4 is 22.9 Å². The van der Waals surface area contributed by atoms with Crippen LogP contribution in [0.5, 0.6) is 0 Å².